The summed E-state index contributed by atoms with van der Waals surface area (Å²) in [5.41, 5.74) is 5.06. The van der Waals surface area contributed by atoms with Gasteiger partial charge in [0.05, 0.1) is 12.9 Å². The van der Waals surface area contributed by atoms with Crippen LogP contribution in [0.4, 0.5) is 5.82 Å². The van der Waals surface area contributed by atoms with Crippen LogP contribution in [0.5, 0.6) is 0 Å². The fourth-order valence-corrected chi connectivity index (χ4v) is 2.75. The number of aromatic amines is 1. The highest BCUT2D eigenvalue weighted by Gasteiger charge is 2.45. The van der Waals surface area contributed by atoms with Crippen LogP contribution in [0.3, 0.4) is 0 Å². The molecule has 3 rings (SSSR count). The molecule has 24 heavy (non-hydrogen) atoms. The predicted octanol–water partition coefficient (Wildman–Crippen LogP) is -2.57. The van der Waals surface area contributed by atoms with Crippen molar-refractivity contribution in [2.24, 2.45) is 0 Å². The van der Waals surface area contributed by atoms with E-state index in [1.54, 1.807) is 0 Å². The lowest BCUT2D eigenvalue weighted by molar-refractivity contribution is -0.0504. The summed E-state index contributed by atoms with van der Waals surface area (Å²) in [5, 5.41) is 20.1. The lowest BCUT2D eigenvalue weighted by Gasteiger charge is -2.16. The van der Waals surface area contributed by atoms with E-state index in [9.17, 15) is 19.6 Å². The third kappa shape index (κ3) is 3.06. The number of aliphatic hydroxyl groups is 2. The number of anilines is 1. The molecule has 3 heterocycles. The van der Waals surface area contributed by atoms with Crippen molar-refractivity contribution in [3.63, 3.8) is 0 Å². The number of aliphatic hydroxyl groups excluding tert-OH is 2. The Bertz CT molecular complexity index is 861. The van der Waals surface area contributed by atoms with Crippen molar-refractivity contribution < 1.29 is 33.8 Å². The summed E-state index contributed by atoms with van der Waals surface area (Å²) in [5.74, 6) is -0.0295. The van der Waals surface area contributed by atoms with Crippen molar-refractivity contribution in [2.75, 3.05) is 12.3 Å². The minimum absolute atomic E-state index is 0.0176. The normalized spacial score (nSPS) is 27.8. The number of nitrogens with two attached hydrogens (primary N) is 1. The molecule has 0 spiro atoms. The summed E-state index contributed by atoms with van der Waals surface area (Å²) < 4.78 is 21.6. The second-order valence-corrected chi connectivity index (χ2v) is 6.35. The number of hydrogen-bond acceptors (Lipinski definition) is 9. The number of ether oxygens (including phenoxy) is 1. The maximum Gasteiger partial charge on any atom is 0.469 e. The van der Waals surface area contributed by atoms with Gasteiger partial charge in [0.25, 0.3) is 0 Å². The molecule has 1 fully saturated rings. The van der Waals surface area contributed by atoms with Gasteiger partial charge in [-0.15, -0.1) is 0 Å². The molecule has 0 radical (unpaired) electrons. The number of imidazole rings is 1. The number of H-pyrrole nitrogens is 1. The number of hydrogen-bond donors (Lipinski definition) is 6. The first-order valence-corrected chi connectivity index (χ1v) is 8.14. The number of rotatable bonds is 4. The summed E-state index contributed by atoms with van der Waals surface area (Å²) in [7, 11) is -4.76. The number of fused-ring (bicyclic) bond motifs is 1. The van der Waals surface area contributed by atoms with E-state index in [1.165, 1.54) is 10.9 Å². The highest BCUT2D eigenvalue weighted by molar-refractivity contribution is 7.46. The maximum atomic E-state index is 11.4. The number of phosphoric acid groups is 1. The first kappa shape index (κ1) is 17.0. The van der Waals surface area contributed by atoms with Gasteiger partial charge in [-0.3, -0.25) is 14.1 Å². The highest BCUT2D eigenvalue weighted by atomic mass is 31.2. The molecule has 2 aromatic rings. The van der Waals surface area contributed by atoms with Crippen molar-refractivity contribution in [3.8, 4) is 0 Å². The van der Waals surface area contributed by atoms with Crippen molar-refractivity contribution in [1.82, 2.24) is 19.5 Å². The number of nitrogens with zero attached hydrogens (tertiary/aromatic N) is 3. The molecule has 7 N–H and O–H groups in total. The van der Waals surface area contributed by atoms with E-state index in [2.05, 4.69) is 19.5 Å². The first-order valence-electron chi connectivity index (χ1n) is 6.61. The fraction of sp³-hybridized carbons (Fsp3) is 0.500. The molecule has 14 heteroatoms. The SMILES string of the molecule is Nc1[nH]c(=O)nc2c1ncn2[C@@H]1O[C@H](COP(=O)(O)O)C(O)C1O. The van der Waals surface area contributed by atoms with Gasteiger partial charge in [-0.2, -0.15) is 4.98 Å². The van der Waals surface area contributed by atoms with Gasteiger partial charge in [-0.1, -0.05) is 0 Å². The lowest BCUT2D eigenvalue weighted by atomic mass is 10.1. The molecular weight excluding hydrogens is 349 g/mol. The summed E-state index contributed by atoms with van der Waals surface area (Å²) in [6.45, 7) is -0.651. The van der Waals surface area contributed by atoms with E-state index < -0.39 is 44.7 Å². The lowest BCUT2D eigenvalue weighted by Crippen LogP contribution is -2.33. The van der Waals surface area contributed by atoms with Crippen LogP contribution in [0.1, 0.15) is 6.23 Å². The predicted molar refractivity (Wildman–Crippen MR) is 76.5 cm³/mol. The quantitative estimate of drug-likeness (QED) is 0.311. The first-order chi connectivity index (χ1) is 11.2. The summed E-state index contributed by atoms with van der Waals surface area (Å²) in [6.07, 6.45) is -4.18. The third-order valence-corrected chi connectivity index (χ3v) is 3.98. The number of aromatic nitrogens is 4. The maximum absolute atomic E-state index is 11.4. The van der Waals surface area contributed by atoms with Crippen LogP contribution in [-0.4, -0.2) is 64.4 Å². The van der Waals surface area contributed by atoms with Crippen molar-refractivity contribution >= 4 is 24.8 Å². The minimum atomic E-state index is -4.76. The van der Waals surface area contributed by atoms with Crippen molar-refractivity contribution in [2.45, 2.75) is 24.5 Å². The van der Waals surface area contributed by atoms with Crippen LogP contribution in [-0.2, 0) is 13.8 Å². The molecule has 0 bridgehead atoms. The molecule has 0 aliphatic carbocycles. The van der Waals surface area contributed by atoms with Crippen molar-refractivity contribution in [1.29, 1.82) is 0 Å². The molecular formula is C10H14N5O8P. The topological polar surface area (TPSA) is 206 Å². The van der Waals surface area contributed by atoms with Crippen LogP contribution < -0.4 is 11.4 Å². The van der Waals surface area contributed by atoms with Crippen LogP contribution in [0.2, 0.25) is 0 Å². The van der Waals surface area contributed by atoms with Gasteiger partial charge in [-0.05, 0) is 0 Å². The van der Waals surface area contributed by atoms with E-state index >= 15 is 0 Å². The molecule has 0 saturated carbocycles. The second-order valence-electron chi connectivity index (χ2n) is 5.11. The molecule has 0 amide bonds. The Hall–Kier alpha value is -1.86. The monoisotopic (exact) mass is 363 g/mol. The summed E-state index contributed by atoms with van der Waals surface area (Å²) in [6, 6.07) is 0. The van der Waals surface area contributed by atoms with Gasteiger partial charge >= 0.3 is 13.5 Å². The Balaban J connectivity index is 1.90. The summed E-state index contributed by atoms with van der Waals surface area (Å²) >= 11 is 0. The molecule has 0 aromatic carbocycles. The largest absolute Gasteiger partial charge is 0.469 e. The average molecular weight is 363 g/mol. The average Bonchev–Trinajstić information content (AvgIpc) is 3.00. The molecule has 1 aliphatic heterocycles. The van der Waals surface area contributed by atoms with E-state index in [1.807, 2.05) is 0 Å². The smallest absolute Gasteiger partial charge is 0.387 e. The van der Waals surface area contributed by atoms with Crippen LogP contribution in [0, 0.1) is 0 Å². The number of phosphoric ester groups is 1. The number of nitrogen functional groups attached to an aromatic ring is 1. The minimum Gasteiger partial charge on any atom is -0.387 e. The van der Waals surface area contributed by atoms with Crippen LogP contribution in [0.15, 0.2) is 11.1 Å². The van der Waals surface area contributed by atoms with E-state index in [4.69, 9.17) is 20.3 Å². The zero-order valence-corrected chi connectivity index (χ0v) is 12.8. The fourth-order valence-electron chi connectivity index (χ4n) is 2.41. The Morgan fingerprint density at radius 3 is 2.79 bits per heavy atom. The van der Waals surface area contributed by atoms with E-state index in [0.29, 0.717) is 0 Å². The van der Waals surface area contributed by atoms with Gasteiger partial charge in [0.1, 0.15) is 29.6 Å². The molecule has 13 nitrogen and oxygen atoms in total. The Labute approximate surface area is 132 Å². The zero-order chi connectivity index (χ0) is 17.6. The standard InChI is InChI=1S/C10H14N5O8P/c11-7-4-8(14-10(18)13-7)15(2-12-4)9-6(17)5(16)3(23-9)1-22-24(19,20)21/h2-3,5-6,9,16-17H,1H2,(H2,19,20,21)(H3,11,13,14,18)/t3-,5?,6?,9-/m1/s1. The summed E-state index contributed by atoms with van der Waals surface area (Å²) in [4.78, 5) is 38.7. The van der Waals surface area contributed by atoms with Gasteiger partial charge in [0, 0.05) is 0 Å². The molecule has 2 aromatic heterocycles. The van der Waals surface area contributed by atoms with Crippen molar-refractivity contribution in [3.05, 3.63) is 16.8 Å². The van der Waals surface area contributed by atoms with Gasteiger partial charge in [0.2, 0.25) is 0 Å². The van der Waals surface area contributed by atoms with Crippen LogP contribution in [0.25, 0.3) is 11.2 Å². The molecule has 2 unspecified atom stereocenters. The van der Waals surface area contributed by atoms with Gasteiger partial charge < -0.3 is 30.5 Å². The van der Waals surface area contributed by atoms with E-state index in [-0.39, 0.29) is 17.0 Å². The second kappa shape index (κ2) is 5.89. The Morgan fingerprint density at radius 2 is 2.12 bits per heavy atom. The highest BCUT2D eigenvalue weighted by Crippen LogP contribution is 2.38. The van der Waals surface area contributed by atoms with E-state index in [0.717, 1.165) is 0 Å². The molecule has 1 saturated heterocycles. The number of nitrogens with one attached hydrogen (secondary N) is 1. The molecule has 1 aliphatic rings. The van der Waals surface area contributed by atoms with Gasteiger partial charge in [0.15, 0.2) is 11.9 Å². The zero-order valence-electron chi connectivity index (χ0n) is 11.9. The van der Waals surface area contributed by atoms with Gasteiger partial charge in [-0.25, -0.2) is 14.3 Å². The molecule has 132 valence electrons. The molecule has 4 atom stereocenters. The third-order valence-electron chi connectivity index (χ3n) is 3.49. The van der Waals surface area contributed by atoms with Crippen LogP contribution >= 0.6 is 7.82 Å². The Morgan fingerprint density at radius 1 is 1.42 bits per heavy atom. The Kier molecular flexibility index (Phi) is 4.17.